The van der Waals surface area contributed by atoms with Gasteiger partial charge in [-0.15, -0.1) is 0 Å². The quantitative estimate of drug-likeness (QED) is 0.903. The number of amides is 1. The van der Waals surface area contributed by atoms with E-state index < -0.39 is 17.8 Å². The molecule has 0 spiro atoms. The number of nitrogens with zero attached hydrogens (tertiary/aromatic N) is 2. The van der Waals surface area contributed by atoms with E-state index in [0.717, 1.165) is 6.07 Å². The Morgan fingerprint density at radius 3 is 2.43 bits per heavy atom. The minimum atomic E-state index is -4.50. The van der Waals surface area contributed by atoms with Gasteiger partial charge in [0.2, 0.25) is 5.91 Å². The summed E-state index contributed by atoms with van der Waals surface area (Å²) < 4.78 is 37.5. The van der Waals surface area contributed by atoms with Crippen molar-refractivity contribution in [3.8, 4) is 0 Å². The van der Waals surface area contributed by atoms with E-state index in [1.807, 2.05) is 13.8 Å². The first-order chi connectivity index (χ1) is 9.70. The first-order valence-electron chi connectivity index (χ1n) is 6.48. The first kappa shape index (κ1) is 17.6. The predicted octanol–water partition coefficient (Wildman–Crippen LogP) is 3.42. The van der Waals surface area contributed by atoms with Gasteiger partial charge in [0.15, 0.2) is 0 Å². The summed E-state index contributed by atoms with van der Waals surface area (Å²) >= 11 is 5.78. The molecule has 1 aromatic rings. The molecule has 4 nitrogen and oxygen atoms in total. The van der Waals surface area contributed by atoms with E-state index in [2.05, 4.69) is 10.3 Å². The number of hydrogen-bond acceptors (Lipinski definition) is 3. The summed E-state index contributed by atoms with van der Waals surface area (Å²) in [5.74, 6) is -0.115. The predicted molar refractivity (Wildman–Crippen MR) is 75.3 cm³/mol. The SMILES string of the molecule is CCN(CC)C(=O)C(C)Nc1ncc(C(F)(F)F)cc1Cl. The summed E-state index contributed by atoms with van der Waals surface area (Å²) in [4.78, 5) is 17.3. The van der Waals surface area contributed by atoms with Crippen LogP contribution < -0.4 is 5.32 Å². The third-order valence-electron chi connectivity index (χ3n) is 2.97. The smallest absolute Gasteiger partial charge is 0.357 e. The maximum Gasteiger partial charge on any atom is 0.417 e. The van der Waals surface area contributed by atoms with Crippen molar-refractivity contribution in [2.24, 2.45) is 0 Å². The minimum Gasteiger partial charge on any atom is -0.357 e. The van der Waals surface area contributed by atoms with Gasteiger partial charge in [-0.1, -0.05) is 11.6 Å². The third-order valence-corrected chi connectivity index (χ3v) is 3.26. The van der Waals surface area contributed by atoms with Crippen LogP contribution in [0.4, 0.5) is 19.0 Å². The average Bonchev–Trinajstić information content (AvgIpc) is 2.41. The Balaban J connectivity index is 2.86. The van der Waals surface area contributed by atoms with Crippen molar-refractivity contribution in [1.29, 1.82) is 0 Å². The molecule has 1 N–H and O–H groups in total. The molecule has 0 radical (unpaired) electrons. The maximum absolute atomic E-state index is 12.5. The number of nitrogens with one attached hydrogen (secondary N) is 1. The Morgan fingerprint density at radius 1 is 1.43 bits per heavy atom. The van der Waals surface area contributed by atoms with Gasteiger partial charge >= 0.3 is 6.18 Å². The summed E-state index contributed by atoms with van der Waals surface area (Å²) in [6, 6.07) is 0.150. The van der Waals surface area contributed by atoms with Gasteiger partial charge in [-0.25, -0.2) is 4.98 Å². The molecule has 0 aliphatic heterocycles. The highest BCUT2D eigenvalue weighted by atomic mass is 35.5. The van der Waals surface area contributed by atoms with Gasteiger partial charge in [-0.2, -0.15) is 13.2 Å². The van der Waals surface area contributed by atoms with E-state index in [1.165, 1.54) is 0 Å². The second kappa shape index (κ2) is 6.98. The molecular weight excluding hydrogens is 307 g/mol. The second-order valence-corrected chi connectivity index (χ2v) is 4.84. The lowest BCUT2D eigenvalue weighted by Gasteiger charge is -2.24. The Bertz CT molecular complexity index is 504. The molecule has 1 rings (SSSR count). The highest BCUT2D eigenvalue weighted by molar-refractivity contribution is 6.33. The van der Waals surface area contributed by atoms with Crippen molar-refractivity contribution in [3.05, 3.63) is 22.8 Å². The van der Waals surface area contributed by atoms with Gasteiger partial charge < -0.3 is 10.2 Å². The van der Waals surface area contributed by atoms with Crippen molar-refractivity contribution in [3.63, 3.8) is 0 Å². The molecule has 0 fully saturated rings. The van der Waals surface area contributed by atoms with Crippen LogP contribution in [0.15, 0.2) is 12.3 Å². The molecule has 0 bridgehead atoms. The Morgan fingerprint density at radius 2 is 2.00 bits per heavy atom. The van der Waals surface area contributed by atoms with Gasteiger partial charge in [0.1, 0.15) is 11.9 Å². The molecule has 1 aromatic heterocycles. The van der Waals surface area contributed by atoms with Crippen LogP contribution >= 0.6 is 11.6 Å². The normalized spacial score (nSPS) is 12.9. The van der Waals surface area contributed by atoms with Crippen molar-refractivity contribution in [2.45, 2.75) is 33.0 Å². The van der Waals surface area contributed by atoms with Gasteiger partial charge in [-0.05, 0) is 26.8 Å². The van der Waals surface area contributed by atoms with Gasteiger partial charge in [0, 0.05) is 19.3 Å². The van der Waals surface area contributed by atoms with Crippen LogP contribution in [0.1, 0.15) is 26.3 Å². The topological polar surface area (TPSA) is 45.2 Å². The Kier molecular flexibility index (Phi) is 5.83. The van der Waals surface area contributed by atoms with E-state index in [9.17, 15) is 18.0 Å². The number of alkyl halides is 3. The Hall–Kier alpha value is -1.50. The van der Waals surface area contributed by atoms with Crippen LogP contribution in [0.2, 0.25) is 5.02 Å². The maximum atomic E-state index is 12.5. The molecule has 1 atom stereocenters. The van der Waals surface area contributed by atoms with E-state index in [-0.39, 0.29) is 16.7 Å². The van der Waals surface area contributed by atoms with Crippen LogP contribution in [0.25, 0.3) is 0 Å². The van der Waals surface area contributed by atoms with Crippen LogP contribution in [0, 0.1) is 0 Å². The van der Waals surface area contributed by atoms with E-state index in [0.29, 0.717) is 19.3 Å². The number of halogens is 4. The average molecular weight is 324 g/mol. The largest absolute Gasteiger partial charge is 0.417 e. The summed E-state index contributed by atoms with van der Waals surface area (Å²) in [6.07, 6.45) is -3.82. The van der Waals surface area contributed by atoms with Crippen molar-refractivity contribution < 1.29 is 18.0 Å². The number of pyridine rings is 1. The zero-order valence-corrected chi connectivity index (χ0v) is 12.7. The monoisotopic (exact) mass is 323 g/mol. The number of likely N-dealkylation sites (N-methyl/N-ethyl adjacent to an activating group) is 1. The number of hydrogen-bond donors (Lipinski definition) is 1. The fourth-order valence-electron chi connectivity index (χ4n) is 1.78. The molecule has 0 aromatic carbocycles. The number of carbonyl (C=O) groups excluding carboxylic acids is 1. The number of aromatic nitrogens is 1. The molecule has 1 amide bonds. The van der Waals surface area contributed by atoms with E-state index in [4.69, 9.17) is 11.6 Å². The number of rotatable bonds is 5. The molecule has 1 heterocycles. The standard InChI is InChI=1S/C13H17ClF3N3O/c1-4-20(5-2)12(21)8(3)19-11-10(14)6-9(7-18-11)13(15,16)17/h6-8H,4-5H2,1-3H3,(H,18,19). The van der Waals surface area contributed by atoms with E-state index in [1.54, 1.807) is 11.8 Å². The Labute approximate surface area is 126 Å². The summed E-state index contributed by atoms with van der Waals surface area (Å²) in [5, 5.41) is 2.56. The van der Waals surface area contributed by atoms with Crippen molar-refractivity contribution in [2.75, 3.05) is 18.4 Å². The van der Waals surface area contributed by atoms with Gasteiger partial charge in [-0.3, -0.25) is 4.79 Å². The van der Waals surface area contributed by atoms with Gasteiger partial charge in [0.25, 0.3) is 0 Å². The zero-order valence-electron chi connectivity index (χ0n) is 12.0. The van der Waals surface area contributed by atoms with Crippen LogP contribution in [0.3, 0.4) is 0 Å². The van der Waals surface area contributed by atoms with Crippen LogP contribution in [0.5, 0.6) is 0 Å². The highest BCUT2D eigenvalue weighted by Gasteiger charge is 2.31. The van der Waals surface area contributed by atoms with Crippen molar-refractivity contribution in [1.82, 2.24) is 9.88 Å². The fraction of sp³-hybridized carbons (Fsp3) is 0.538. The molecule has 0 saturated heterocycles. The molecular formula is C13H17ClF3N3O. The molecule has 0 aliphatic carbocycles. The lowest BCUT2D eigenvalue weighted by Crippen LogP contribution is -2.41. The van der Waals surface area contributed by atoms with Gasteiger partial charge in [0.05, 0.1) is 10.6 Å². The second-order valence-electron chi connectivity index (χ2n) is 4.43. The first-order valence-corrected chi connectivity index (χ1v) is 6.86. The zero-order chi connectivity index (χ0) is 16.2. The van der Waals surface area contributed by atoms with Crippen LogP contribution in [-0.2, 0) is 11.0 Å². The number of carbonyl (C=O) groups is 1. The lowest BCUT2D eigenvalue weighted by molar-refractivity contribution is -0.137. The lowest BCUT2D eigenvalue weighted by atomic mass is 10.2. The third kappa shape index (κ3) is 4.49. The fourth-order valence-corrected chi connectivity index (χ4v) is 2.00. The molecule has 0 saturated carbocycles. The summed E-state index contributed by atoms with van der Waals surface area (Å²) in [6.45, 7) is 6.40. The number of anilines is 1. The van der Waals surface area contributed by atoms with Crippen molar-refractivity contribution >= 4 is 23.3 Å². The summed E-state index contributed by atoms with van der Waals surface area (Å²) in [5.41, 5.74) is -0.930. The molecule has 118 valence electrons. The molecule has 0 aliphatic rings. The van der Waals surface area contributed by atoms with E-state index >= 15 is 0 Å². The highest BCUT2D eigenvalue weighted by Crippen LogP contribution is 2.32. The molecule has 21 heavy (non-hydrogen) atoms. The summed E-state index contributed by atoms with van der Waals surface area (Å²) in [7, 11) is 0. The molecule has 8 heteroatoms. The van der Waals surface area contributed by atoms with Crippen LogP contribution in [-0.4, -0.2) is 34.9 Å². The molecule has 1 unspecified atom stereocenters. The minimum absolute atomic E-state index is 0.0534.